The number of aromatic nitrogens is 1. The molecular formula is C15H15NO4. The van der Waals surface area contributed by atoms with Crippen molar-refractivity contribution in [3.8, 4) is 0 Å². The van der Waals surface area contributed by atoms with E-state index in [1.54, 1.807) is 0 Å². The molecule has 0 fully saturated rings. The fraction of sp³-hybridized carbons (Fsp3) is 0.333. The molecule has 3 rings (SSSR count). The summed E-state index contributed by atoms with van der Waals surface area (Å²) >= 11 is 0. The van der Waals surface area contributed by atoms with E-state index in [0.717, 1.165) is 10.9 Å². The van der Waals surface area contributed by atoms with Gasteiger partial charge < -0.3 is 14.8 Å². The van der Waals surface area contributed by atoms with E-state index < -0.39 is 11.6 Å². The molecule has 1 aliphatic rings. The summed E-state index contributed by atoms with van der Waals surface area (Å²) in [5.74, 6) is -1.04. The van der Waals surface area contributed by atoms with Crippen LogP contribution in [0.25, 0.3) is 10.9 Å². The number of ketones is 1. The second-order valence-corrected chi connectivity index (χ2v) is 5.05. The van der Waals surface area contributed by atoms with E-state index in [2.05, 4.69) is 4.98 Å². The zero-order valence-electron chi connectivity index (χ0n) is 11.1. The molecule has 0 amide bonds. The monoisotopic (exact) mass is 273 g/mol. The molecule has 20 heavy (non-hydrogen) atoms. The molecule has 1 atom stereocenters. The van der Waals surface area contributed by atoms with E-state index in [-0.39, 0.29) is 18.8 Å². The first-order chi connectivity index (χ1) is 9.57. The van der Waals surface area contributed by atoms with Gasteiger partial charge in [0.25, 0.3) is 0 Å². The van der Waals surface area contributed by atoms with Crippen molar-refractivity contribution in [2.24, 2.45) is 0 Å². The number of nitrogens with one attached hydrogen (secondary N) is 1. The van der Waals surface area contributed by atoms with E-state index in [1.165, 1.54) is 0 Å². The van der Waals surface area contributed by atoms with Gasteiger partial charge in [0.15, 0.2) is 5.78 Å². The molecule has 2 heterocycles. The molecule has 2 N–H and O–H groups in total. The summed E-state index contributed by atoms with van der Waals surface area (Å²) in [7, 11) is 0. The number of fused-ring (bicyclic) bond motifs is 3. The van der Waals surface area contributed by atoms with Crippen LogP contribution in [0.5, 0.6) is 0 Å². The average Bonchev–Trinajstić information content (AvgIpc) is 2.82. The highest BCUT2D eigenvalue weighted by molar-refractivity contribution is 6.10. The van der Waals surface area contributed by atoms with Crippen LogP contribution in [-0.4, -0.2) is 28.4 Å². The SMILES string of the molecule is CCC1(CC(=O)O)OCC(=O)c2c1[nH]c1ccccc21. The predicted molar refractivity (Wildman–Crippen MR) is 72.8 cm³/mol. The van der Waals surface area contributed by atoms with Crippen molar-refractivity contribution in [2.45, 2.75) is 25.4 Å². The number of ether oxygens (including phenoxy) is 1. The van der Waals surface area contributed by atoms with Gasteiger partial charge in [0.1, 0.15) is 12.2 Å². The lowest BCUT2D eigenvalue weighted by atomic mass is 9.86. The molecule has 5 nitrogen and oxygen atoms in total. The fourth-order valence-electron chi connectivity index (χ4n) is 2.91. The van der Waals surface area contributed by atoms with Crippen LogP contribution in [0.1, 0.15) is 35.8 Å². The molecule has 5 heteroatoms. The first-order valence-electron chi connectivity index (χ1n) is 6.57. The number of carbonyl (C=O) groups is 2. The van der Waals surface area contributed by atoms with E-state index in [0.29, 0.717) is 17.7 Å². The fourth-order valence-corrected chi connectivity index (χ4v) is 2.91. The molecule has 0 radical (unpaired) electrons. The van der Waals surface area contributed by atoms with Gasteiger partial charge >= 0.3 is 5.97 Å². The van der Waals surface area contributed by atoms with E-state index in [4.69, 9.17) is 9.84 Å². The number of aliphatic carboxylic acids is 1. The number of hydrogen-bond donors (Lipinski definition) is 2. The second kappa shape index (κ2) is 4.45. The van der Waals surface area contributed by atoms with E-state index in [9.17, 15) is 9.59 Å². The molecular weight excluding hydrogens is 258 g/mol. The van der Waals surface area contributed by atoms with Gasteiger partial charge in [0, 0.05) is 10.9 Å². The van der Waals surface area contributed by atoms with E-state index >= 15 is 0 Å². The molecule has 2 aromatic rings. The van der Waals surface area contributed by atoms with Crippen molar-refractivity contribution < 1.29 is 19.4 Å². The van der Waals surface area contributed by atoms with Gasteiger partial charge in [-0.25, -0.2) is 0 Å². The van der Waals surface area contributed by atoms with Crippen molar-refractivity contribution in [2.75, 3.05) is 6.61 Å². The molecule has 1 aromatic heterocycles. The Morgan fingerprint density at radius 2 is 2.20 bits per heavy atom. The van der Waals surface area contributed by atoms with Crippen LogP contribution in [0.3, 0.4) is 0 Å². The highest BCUT2D eigenvalue weighted by atomic mass is 16.5. The first-order valence-corrected chi connectivity index (χ1v) is 6.57. The lowest BCUT2D eigenvalue weighted by Crippen LogP contribution is -2.39. The topological polar surface area (TPSA) is 79.4 Å². The average molecular weight is 273 g/mol. The van der Waals surface area contributed by atoms with Crippen molar-refractivity contribution in [3.63, 3.8) is 0 Å². The van der Waals surface area contributed by atoms with Crippen molar-refractivity contribution in [1.29, 1.82) is 0 Å². The maximum absolute atomic E-state index is 12.2. The Kier molecular flexibility index (Phi) is 2.87. The molecule has 0 bridgehead atoms. The smallest absolute Gasteiger partial charge is 0.306 e. The number of H-pyrrole nitrogens is 1. The van der Waals surface area contributed by atoms with Crippen LogP contribution in [0.2, 0.25) is 0 Å². The third-order valence-corrected chi connectivity index (χ3v) is 3.93. The van der Waals surface area contributed by atoms with Gasteiger partial charge in [-0.05, 0) is 12.5 Å². The Hall–Kier alpha value is -2.14. The minimum Gasteiger partial charge on any atom is -0.481 e. The Morgan fingerprint density at radius 1 is 1.45 bits per heavy atom. The number of carboxylic acids is 1. The van der Waals surface area contributed by atoms with Crippen molar-refractivity contribution >= 4 is 22.7 Å². The summed E-state index contributed by atoms with van der Waals surface area (Å²) in [6.07, 6.45) is 0.336. The molecule has 1 aliphatic heterocycles. The number of carboxylic acid groups (broad SMARTS) is 1. The molecule has 1 aromatic carbocycles. The third kappa shape index (κ3) is 1.74. The Bertz CT molecular complexity index is 703. The number of benzene rings is 1. The van der Waals surface area contributed by atoms with E-state index in [1.807, 2.05) is 31.2 Å². The van der Waals surface area contributed by atoms with Crippen LogP contribution in [0.4, 0.5) is 0 Å². The molecule has 1 unspecified atom stereocenters. The van der Waals surface area contributed by atoms with Crippen LogP contribution in [-0.2, 0) is 15.1 Å². The molecule has 0 spiro atoms. The van der Waals surface area contributed by atoms with Crippen LogP contribution in [0, 0.1) is 0 Å². The summed E-state index contributed by atoms with van der Waals surface area (Å²) in [6.45, 7) is 1.80. The summed E-state index contributed by atoms with van der Waals surface area (Å²) in [5.41, 5.74) is 1.06. The molecule has 0 saturated carbocycles. The zero-order valence-corrected chi connectivity index (χ0v) is 11.1. The summed E-state index contributed by atoms with van der Waals surface area (Å²) in [4.78, 5) is 26.5. The van der Waals surface area contributed by atoms with Crippen molar-refractivity contribution in [1.82, 2.24) is 4.98 Å². The highest BCUT2D eigenvalue weighted by Gasteiger charge is 2.43. The zero-order chi connectivity index (χ0) is 14.3. The maximum atomic E-state index is 12.2. The minimum atomic E-state index is -0.950. The summed E-state index contributed by atoms with van der Waals surface area (Å²) < 4.78 is 5.63. The molecule has 0 saturated heterocycles. The Morgan fingerprint density at radius 3 is 2.90 bits per heavy atom. The predicted octanol–water partition coefficient (Wildman–Crippen LogP) is 2.46. The van der Waals surface area contributed by atoms with Gasteiger partial charge in [-0.1, -0.05) is 25.1 Å². The Balaban J connectivity index is 2.27. The Labute approximate surface area is 115 Å². The lowest BCUT2D eigenvalue weighted by molar-refractivity contribution is -0.147. The van der Waals surface area contributed by atoms with Gasteiger partial charge in [-0.3, -0.25) is 9.59 Å². The van der Waals surface area contributed by atoms with Gasteiger partial charge in [0.2, 0.25) is 0 Å². The van der Waals surface area contributed by atoms with Crippen molar-refractivity contribution in [3.05, 3.63) is 35.5 Å². The second-order valence-electron chi connectivity index (χ2n) is 5.05. The van der Waals surface area contributed by atoms with Crippen LogP contribution < -0.4 is 0 Å². The van der Waals surface area contributed by atoms with Crippen LogP contribution in [0.15, 0.2) is 24.3 Å². The number of rotatable bonds is 3. The van der Waals surface area contributed by atoms with Crippen LogP contribution >= 0.6 is 0 Å². The standard InChI is InChI=1S/C15H15NO4/c1-2-15(7-12(18)19)14-13(11(17)8-20-15)9-5-3-4-6-10(9)16-14/h3-6,16H,2,7-8H2,1H3,(H,18,19). The molecule has 0 aliphatic carbocycles. The number of carbonyl (C=O) groups excluding carboxylic acids is 1. The quantitative estimate of drug-likeness (QED) is 0.900. The first kappa shape index (κ1) is 12.9. The highest BCUT2D eigenvalue weighted by Crippen LogP contribution is 2.41. The van der Waals surface area contributed by atoms with Gasteiger partial charge in [-0.15, -0.1) is 0 Å². The maximum Gasteiger partial charge on any atom is 0.306 e. The number of para-hydroxylation sites is 1. The summed E-state index contributed by atoms with van der Waals surface area (Å²) in [5, 5.41) is 9.98. The normalized spacial score (nSPS) is 21.9. The summed E-state index contributed by atoms with van der Waals surface area (Å²) in [6, 6.07) is 7.49. The lowest BCUT2D eigenvalue weighted by Gasteiger charge is -2.34. The minimum absolute atomic E-state index is 0.0734. The third-order valence-electron chi connectivity index (χ3n) is 3.93. The van der Waals surface area contributed by atoms with Gasteiger partial charge in [-0.2, -0.15) is 0 Å². The number of Topliss-reactive ketones (excluding diaryl/α,β-unsaturated/α-hetero) is 1. The largest absolute Gasteiger partial charge is 0.481 e. The molecule has 104 valence electrons. The van der Waals surface area contributed by atoms with Gasteiger partial charge in [0.05, 0.1) is 17.7 Å². The number of aromatic amines is 1. The number of hydrogen-bond acceptors (Lipinski definition) is 3.